The van der Waals surface area contributed by atoms with Crippen LogP contribution in [-0.4, -0.2) is 4.98 Å². The molecule has 0 aliphatic carbocycles. The average molecular weight is 256 g/mol. The molecule has 0 unspecified atom stereocenters. The van der Waals surface area contributed by atoms with Crippen molar-refractivity contribution in [3.63, 3.8) is 0 Å². The molecule has 0 spiro atoms. The minimum absolute atomic E-state index is 0.651. The molecule has 1 aromatic heterocycles. The maximum Gasteiger partial charge on any atom is 0.261 e. The molecule has 1 heterocycles. The first kappa shape index (κ1) is 8.84. The summed E-state index contributed by atoms with van der Waals surface area (Å²) in [5.74, 6) is 0. The lowest BCUT2D eigenvalue weighted by Crippen LogP contribution is -1.70. The van der Waals surface area contributed by atoms with E-state index in [-0.39, 0.29) is 0 Å². The minimum Gasteiger partial charge on any atom is -0.424 e. The molecule has 0 fully saturated rings. The third-order valence-corrected chi connectivity index (χ3v) is 2.64. The molecule has 2 rings (SSSR count). The van der Waals surface area contributed by atoms with Gasteiger partial charge in [-0.3, -0.25) is 0 Å². The van der Waals surface area contributed by atoms with Gasteiger partial charge in [-0.15, -0.1) is 0 Å². The van der Waals surface area contributed by atoms with Crippen LogP contribution in [0.15, 0.2) is 55.7 Å². The van der Waals surface area contributed by atoms with E-state index in [0.29, 0.717) is 9.89 Å². The van der Waals surface area contributed by atoms with Crippen molar-refractivity contribution in [2.45, 2.75) is 10.1 Å². The number of aromatic nitrogens is 1. The number of nitrogens with zero attached hydrogens (tertiary/aromatic N) is 1. The molecule has 13 heavy (non-hydrogen) atoms. The highest BCUT2D eigenvalue weighted by Gasteiger charge is 2.02. The van der Waals surface area contributed by atoms with E-state index in [1.54, 1.807) is 6.20 Å². The number of rotatable bonds is 2. The zero-order valence-corrected chi connectivity index (χ0v) is 9.01. The summed E-state index contributed by atoms with van der Waals surface area (Å²) in [4.78, 5) is 5.18. The van der Waals surface area contributed by atoms with E-state index in [0.717, 1.165) is 4.90 Å². The Morgan fingerprint density at radius 3 is 2.62 bits per heavy atom. The van der Waals surface area contributed by atoms with Gasteiger partial charge in [-0.2, -0.15) is 0 Å². The molecule has 0 saturated carbocycles. The van der Waals surface area contributed by atoms with Gasteiger partial charge in [0.1, 0.15) is 0 Å². The second kappa shape index (κ2) is 3.98. The number of oxazole rings is 1. The Morgan fingerprint density at radius 2 is 2.00 bits per heavy atom. The maximum atomic E-state index is 5.26. The quantitative estimate of drug-likeness (QED) is 0.821. The number of hydrogen-bond donors (Lipinski definition) is 0. The van der Waals surface area contributed by atoms with Gasteiger partial charge in [0.05, 0.1) is 6.20 Å². The van der Waals surface area contributed by atoms with E-state index in [9.17, 15) is 0 Å². The van der Waals surface area contributed by atoms with Gasteiger partial charge in [0, 0.05) is 4.90 Å². The first-order valence-corrected chi connectivity index (χ1v) is 5.30. The van der Waals surface area contributed by atoms with E-state index in [2.05, 4.69) is 20.9 Å². The highest BCUT2D eigenvalue weighted by atomic mass is 79.9. The summed E-state index contributed by atoms with van der Waals surface area (Å²) < 4.78 is 5.91. The van der Waals surface area contributed by atoms with Gasteiger partial charge in [-0.1, -0.05) is 18.2 Å². The van der Waals surface area contributed by atoms with Crippen LogP contribution in [0.4, 0.5) is 0 Å². The molecular formula is C9H6BrNOS. The summed E-state index contributed by atoms with van der Waals surface area (Å²) in [6.45, 7) is 0. The Kier molecular flexibility index (Phi) is 2.71. The van der Waals surface area contributed by atoms with Gasteiger partial charge in [0.2, 0.25) is 0 Å². The van der Waals surface area contributed by atoms with E-state index < -0.39 is 0 Å². The normalized spacial score (nSPS) is 10.2. The highest BCUT2D eigenvalue weighted by molar-refractivity contribution is 9.10. The van der Waals surface area contributed by atoms with Gasteiger partial charge in [-0.05, 0) is 39.8 Å². The predicted octanol–water partition coefficient (Wildman–Crippen LogP) is 3.59. The molecule has 0 aliphatic heterocycles. The lowest BCUT2D eigenvalue weighted by Gasteiger charge is -1.93. The van der Waals surface area contributed by atoms with E-state index in [1.165, 1.54) is 11.8 Å². The van der Waals surface area contributed by atoms with Crippen molar-refractivity contribution in [3.05, 3.63) is 41.2 Å². The van der Waals surface area contributed by atoms with Crippen LogP contribution in [0.1, 0.15) is 0 Å². The van der Waals surface area contributed by atoms with Crippen molar-refractivity contribution in [1.82, 2.24) is 4.98 Å². The number of halogens is 1. The second-order valence-corrected chi connectivity index (χ2v) is 4.15. The largest absolute Gasteiger partial charge is 0.424 e. The van der Waals surface area contributed by atoms with Crippen LogP contribution < -0.4 is 0 Å². The van der Waals surface area contributed by atoms with Gasteiger partial charge in [0.15, 0.2) is 4.67 Å². The lowest BCUT2D eigenvalue weighted by atomic mass is 10.4. The van der Waals surface area contributed by atoms with E-state index in [4.69, 9.17) is 4.42 Å². The zero-order chi connectivity index (χ0) is 9.10. The predicted molar refractivity (Wildman–Crippen MR) is 54.8 cm³/mol. The summed E-state index contributed by atoms with van der Waals surface area (Å²) in [5.41, 5.74) is 0. The van der Waals surface area contributed by atoms with Crippen LogP contribution in [-0.2, 0) is 0 Å². The van der Waals surface area contributed by atoms with Crippen LogP contribution >= 0.6 is 27.7 Å². The van der Waals surface area contributed by atoms with Crippen molar-refractivity contribution in [2.75, 3.05) is 0 Å². The Morgan fingerprint density at radius 1 is 1.23 bits per heavy atom. The second-order valence-electron chi connectivity index (χ2n) is 2.35. The Labute approximate surface area is 88.5 Å². The molecule has 0 saturated heterocycles. The summed E-state index contributed by atoms with van der Waals surface area (Å²) >= 11 is 4.70. The SMILES string of the molecule is Brc1cnc(Sc2ccccc2)o1. The molecule has 0 amide bonds. The summed E-state index contributed by atoms with van der Waals surface area (Å²) in [5, 5.41) is 0.651. The Hall–Kier alpha value is -0.740. The molecule has 0 atom stereocenters. The molecule has 4 heteroatoms. The topological polar surface area (TPSA) is 26.0 Å². The molecule has 0 bridgehead atoms. The first-order chi connectivity index (χ1) is 6.34. The third kappa shape index (κ3) is 2.35. The monoisotopic (exact) mass is 255 g/mol. The molecule has 2 aromatic rings. The van der Waals surface area contributed by atoms with Gasteiger partial charge in [0.25, 0.3) is 5.22 Å². The van der Waals surface area contributed by atoms with Crippen LogP contribution in [0.5, 0.6) is 0 Å². The molecular weight excluding hydrogens is 250 g/mol. The fourth-order valence-corrected chi connectivity index (χ4v) is 1.97. The summed E-state index contributed by atoms with van der Waals surface area (Å²) in [6, 6.07) is 9.99. The fourth-order valence-electron chi connectivity index (χ4n) is 0.876. The highest BCUT2D eigenvalue weighted by Crippen LogP contribution is 2.27. The smallest absolute Gasteiger partial charge is 0.261 e. The minimum atomic E-state index is 0.651. The third-order valence-electron chi connectivity index (χ3n) is 1.40. The standard InChI is InChI=1S/C9H6BrNOS/c10-8-6-11-9(12-8)13-7-4-2-1-3-5-7/h1-6H. The molecule has 2 nitrogen and oxygen atoms in total. The van der Waals surface area contributed by atoms with Crippen LogP contribution in [0, 0.1) is 0 Å². The summed E-state index contributed by atoms with van der Waals surface area (Å²) in [7, 11) is 0. The van der Waals surface area contributed by atoms with Crippen molar-refractivity contribution >= 4 is 27.7 Å². The fraction of sp³-hybridized carbons (Fsp3) is 0. The van der Waals surface area contributed by atoms with Crippen molar-refractivity contribution in [3.8, 4) is 0 Å². The van der Waals surface area contributed by atoms with Crippen LogP contribution in [0.25, 0.3) is 0 Å². The Balaban J connectivity index is 2.15. The van der Waals surface area contributed by atoms with Gasteiger partial charge < -0.3 is 4.42 Å². The average Bonchev–Trinajstić information content (AvgIpc) is 2.53. The van der Waals surface area contributed by atoms with Crippen molar-refractivity contribution in [1.29, 1.82) is 0 Å². The number of benzene rings is 1. The molecule has 66 valence electrons. The first-order valence-electron chi connectivity index (χ1n) is 3.69. The molecule has 0 N–H and O–H groups in total. The van der Waals surface area contributed by atoms with Gasteiger partial charge >= 0.3 is 0 Å². The maximum absolute atomic E-state index is 5.26. The summed E-state index contributed by atoms with van der Waals surface area (Å²) in [6.07, 6.45) is 1.64. The van der Waals surface area contributed by atoms with E-state index in [1.807, 2.05) is 30.3 Å². The zero-order valence-electron chi connectivity index (χ0n) is 6.61. The number of hydrogen-bond acceptors (Lipinski definition) is 3. The Bertz CT molecular complexity index is 388. The van der Waals surface area contributed by atoms with E-state index >= 15 is 0 Å². The van der Waals surface area contributed by atoms with Crippen LogP contribution in [0.3, 0.4) is 0 Å². The molecule has 0 radical (unpaired) electrons. The lowest BCUT2D eigenvalue weighted by molar-refractivity contribution is 0.435. The van der Waals surface area contributed by atoms with Crippen molar-refractivity contribution < 1.29 is 4.42 Å². The molecule has 0 aliphatic rings. The van der Waals surface area contributed by atoms with Crippen molar-refractivity contribution in [2.24, 2.45) is 0 Å². The van der Waals surface area contributed by atoms with Crippen LogP contribution in [0.2, 0.25) is 0 Å². The molecule has 1 aromatic carbocycles. The van der Waals surface area contributed by atoms with Gasteiger partial charge in [-0.25, -0.2) is 4.98 Å².